The molecule has 0 amide bonds. The molecule has 0 saturated carbocycles. The van der Waals surface area contributed by atoms with Crippen molar-refractivity contribution in [3.63, 3.8) is 0 Å². The van der Waals surface area contributed by atoms with Crippen molar-refractivity contribution >= 4 is 5.97 Å². The van der Waals surface area contributed by atoms with Gasteiger partial charge in [0, 0.05) is 5.57 Å². The molecule has 7 atom stereocenters. The fraction of sp³-hybridized carbons (Fsp3) is 0.654. The average Bonchev–Trinajstić information content (AvgIpc) is 2.79. The summed E-state index contributed by atoms with van der Waals surface area (Å²) in [5.41, 5.74) is 1.38. The van der Waals surface area contributed by atoms with Crippen molar-refractivity contribution in [1.29, 1.82) is 0 Å². The van der Waals surface area contributed by atoms with E-state index in [-0.39, 0.29) is 5.57 Å². The van der Waals surface area contributed by atoms with Gasteiger partial charge in [-0.3, -0.25) is 0 Å². The molecule has 0 aromatic heterocycles. The maximum Gasteiger partial charge on any atom is 0.331 e. The van der Waals surface area contributed by atoms with Crippen molar-refractivity contribution in [3.05, 3.63) is 47.6 Å². The topological polar surface area (TPSA) is 157 Å². The highest BCUT2D eigenvalue weighted by molar-refractivity contribution is 5.85. The van der Waals surface area contributed by atoms with Gasteiger partial charge in [-0.15, -0.1) is 6.58 Å². The number of carbonyl (C=O) groups is 1. The number of carboxylic acid groups (broad SMARTS) is 1. The van der Waals surface area contributed by atoms with Gasteiger partial charge >= 0.3 is 5.97 Å². The van der Waals surface area contributed by atoms with Gasteiger partial charge < -0.3 is 40.1 Å². The first kappa shape index (κ1) is 31.2. The highest BCUT2D eigenvalue weighted by Crippen LogP contribution is 2.29. The molecule has 0 spiro atoms. The Hall–Kier alpha value is -1.85. The van der Waals surface area contributed by atoms with Gasteiger partial charge in [0.15, 0.2) is 6.29 Å². The maximum atomic E-state index is 10.8. The van der Waals surface area contributed by atoms with Crippen LogP contribution in [0.1, 0.15) is 59.8 Å². The predicted molar refractivity (Wildman–Crippen MR) is 131 cm³/mol. The Balaban J connectivity index is 2.57. The van der Waals surface area contributed by atoms with Crippen LogP contribution in [0.25, 0.3) is 0 Å². The van der Waals surface area contributed by atoms with E-state index in [0.717, 1.165) is 24.0 Å². The van der Waals surface area contributed by atoms with Crippen LogP contribution in [0.2, 0.25) is 0 Å². The second kappa shape index (κ2) is 14.6. The molecule has 1 aliphatic rings. The molecule has 35 heavy (non-hydrogen) atoms. The minimum atomic E-state index is -1.50. The summed E-state index contributed by atoms with van der Waals surface area (Å²) in [5, 5.41) is 58.3. The maximum absolute atomic E-state index is 10.8. The normalized spacial score (nSPS) is 28.9. The number of rotatable bonds is 14. The third-order valence-corrected chi connectivity index (χ3v) is 6.14. The molecule has 0 aromatic rings. The van der Waals surface area contributed by atoms with Crippen molar-refractivity contribution in [2.75, 3.05) is 6.61 Å². The summed E-state index contributed by atoms with van der Waals surface area (Å²) >= 11 is 0. The van der Waals surface area contributed by atoms with Crippen LogP contribution in [0.4, 0.5) is 0 Å². The van der Waals surface area contributed by atoms with E-state index in [2.05, 4.69) is 12.7 Å². The van der Waals surface area contributed by atoms with Gasteiger partial charge in [0.2, 0.25) is 0 Å². The van der Waals surface area contributed by atoms with E-state index >= 15 is 0 Å². The predicted octanol–water partition coefficient (Wildman–Crippen LogP) is 1.98. The number of aliphatic carboxylic acids is 1. The van der Waals surface area contributed by atoms with Crippen molar-refractivity contribution in [3.8, 4) is 0 Å². The van der Waals surface area contributed by atoms with Crippen molar-refractivity contribution in [2.24, 2.45) is 0 Å². The van der Waals surface area contributed by atoms with Gasteiger partial charge in [-0.2, -0.15) is 0 Å². The van der Waals surface area contributed by atoms with Crippen LogP contribution in [-0.2, 0) is 14.3 Å². The number of allylic oxidation sites excluding steroid dienone is 3. The van der Waals surface area contributed by atoms with E-state index in [4.69, 9.17) is 14.6 Å². The molecule has 3 unspecified atom stereocenters. The van der Waals surface area contributed by atoms with Crippen molar-refractivity contribution in [1.82, 2.24) is 0 Å². The molecular formula is C26H42O9. The molecule has 0 aliphatic carbocycles. The van der Waals surface area contributed by atoms with Gasteiger partial charge in [-0.05, 0) is 65.9 Å². The van der Waals surface area contributed by atoms with Crippen molar-refractivity contribution < 1.29 is 44.9 Å². The largest absolute Gasteiger partial charge is 0.478 e. The first-order valence-electron chi connectivity index (χ1n) is 11.9. The Labute approximate surface area is 207 Å². The summed E-state index contributed by atoms with van der Waals surface area (Å²) in [6, 6.07) is 0. The van der Waals surface area contributed by atoms with Crippen molar-refractivity contribution in [2.45, 2.75) is 102 Å². The summed E-state index contributed by atoms with van der Waals surface area (Å²) < 4.78 is 11.3. The zero-order valence-corrected chi connectivity index (χ0v) is 21.1. The molecule has 0 bridgehead atoms. The molecule has 0 aromatic carbocycles. The molecule has 1 saturated heterocycles. The SMILES string of the molecule is C=C[C@](C)(CC/C=C(\C)CC/C=C(\C)CC(O)/C=C(\C)C(=O)O)O[C@@H]1OC(CO)[C@@H](O)C(O)[C@@H]1O. The van der Waals surface area contributed by atoms with Gasteiger partial charge in [-0.25, -0.2) is 4.79 Å². The van der Waals surface area contributed by atoms with Crippen LogP contribution in [0.5, 0.6) is 0 Å². The third-order valence-electron chi connectivity index (χ3n) is 6.14. The zero-order chi connectivity index (χ0) is 26.8. The van der Waals surface area contributed by atoms with Crippen LogP contribution >= 0.6 is 0 Å². The Kier molecular flexibility index (Phi) is 13.0. The molecule has 200 valence electrons. The minimum Gasteiger partial charge on any atom is -0.478 e. The van der Waals surface area contributed by atoms with E-state index < -0.39 is 55.0 Å². The summed E-state index contributed by atoms with van der Waals surface area (Å²) in [6.07, 6.45) is 2.68. The molecule has 1 rings (SSSR count). The minimum absolute atomic E-state index is 0.117. The molecule has 9 heteroatoms. The number of carboxylic acids is 1. The average molecular weight is 499 g/mol. The Morgan fingerprint density at radius 2 is 1.71 bits per heavy atom. The smallest absolute Gasteiger partial charge is 0.331 e. The lowest BCUT2D eigenvalue weighted by atomic mass is 9.96. The van der Waals surface area contributed by atoms with E-state index in [9.17, 15) is 30.3 Å². The highest BCUT2D eigenvalue weighted by atomic mass is 16.7. The molecule has 9 nitrogen and oxygen atoms in total. The van der Waals surface area contributed by atoms with Gasteiger partial charge in [0.1, 0.15) is 24.4 Å². The Morgan fingerprint density at radius 1 is 1.09 bits per heavy atom. The van der Waals surface area contributed by atoms with Gasteiger partial charge in [0.05, 0.1) is 18.3 Å². The Bertz CT molecular complexity index is 786. The number of aliphatic hydroxyl groups is 5. The second-order valence-electron chi connectivity index (χ2n) is 9.44. The van der Waals surface area contributed by atoms with Gasteiger partial charge in [-0.1, -0.05) is 29.4 Å². The third kappa shape index (κ3) is 10.3. The first-order chi connectivity index (χ1) is 16.3. The summed E-state index contributed by atoms with van der Waals surface area (Å²) in [5.74, 6) is -1.04. The van der Waals surface area contributed by atoms with E-state index in [1.54, 1.807) is 13.0 Å². The Morgan fingerprint density at radius 3 is 2.29 bits per heavy atom. The van der Waals surface area contributed by atoms with E-state index in [0.29, 0.717) is 19.3 Å². The molecule has 1 heterocycles. The fourth-order valence-corrected chi connectivity index (χ4v) is 3.72. The van der Waals surface area contributed by atoms with E-state index in [1.807, 2.05) is 19.9 Å². The lowest BCUT2D eigenvalue weighted by molar-refractivity contribution is -0.319. The standard InChI is InChI=1S/C26H42O9/c1-6-26(5,35-25-23(31)22(30)21(29)20(15-27)34-25)12-8-11-16(2)9-7-10-17(3)13-19(28)14-18(4)24(32)33/h6,10-11,14,19-23,25,27-31H,1,7-9,12-13,15H2,2-5H3,(H,32,33)/b16-11+,17-10+,18-14+/t19?,20?,21-,22?,23+,25+,26-/m1/s1. The fourth-order valence-electron chi connectivity index (χ4n) is 3.72. The van der Waals surface area contributed by atoms with E-state index in [1.165, 1.54) is 13.0 Å². The quantitative estimate of drug-likeness (QED) is 0.156. The summed E-state index contributed by atoms with van der Waals surface area (Å²) in [7, 11) is 0. The molecule has 1 aliphatic heterocycles. The lowest BCUT2D eigenvalue weighted by Gasteiger charge is -2.42. The monoisotopic (exact) mass is 498 g/mol. The number of aliphatic hydroxyl groups excluding tert-OH is 5. The highest BCUT2D eigenvalue weighted by Gasteiger charge is 2.45. The number of hydrogen-bond acceptors (Lipinski definition) is 8. The molecule has 0 radical (unpaired) electrons. The summed E-state index contributed by atoms with van der Waals surface area (Å²) in [6.45, 7) is 10.4. The molecule has 1 fully saturated rings. The lowest BCUT2D eigenvalue weighted by Crippen LogP contribution is -2.60. The van der Waals surface area contributed by atoms with Crippen LogP contribution in [-0.4, -0.2) is 85.6 Å². The van der Waals surface area contributed by atoms with Crippen LogP contribution in [0, 0.1) is 0 Å². The second-order valence-corrected chi connectivity index (χ2v) is 9.44. The number of ether oxygens (including phenoxy) is 2. The first-order valence-corrected chi connectivity index (χ1v) is 11.9. The van der Waals surface area contributed by atoms with Crippen LogP contribution in [0.3, 0.4) is 0 Å². The molecule has 6 N–H and O–H groups in total. The molecular weight excluding hydrogens is 456 g/mol. The van der Waals surface area contributed by atoms with Crippen LogP contribution < -0.4 is 0 Å². The zero-order valence-electron chi connectivity index (χ0n) is 21.1. The summed E-state index contributed by atoms with van der Waals surface area (Å²) in [4.78, 5) is 10.8. The van der Waals surface area contributed by atoms with Gasteiger partial charge in [0.25, 0.3) is 0 Å². The number of hydrogen-bond donors (Lipinski definition) is 6. The van der Waals surface area contributed by atoms with Crippen LogP contribution in [0.15, 0.2) is 47.6 Å².